The lowest BCUT2D eigenvalue weighted by Crippen LogP contribution is -2.49. The van der Waals surface area contributed by atoms with Crippen molar-refractivity contribution < 1.29 is 4.79 Å². The Kier molecular flexibility index (Phi) is 5.99. The predicted molar refractivity (Wildman–Crippen MR) is 120 cm³/mol. The van der Waals surface area contributed by atoms with Gasteiger partial charge in [-0.2, -0.15) is 4.98 Å². The molecule has 1 aromatic carbocycles. The van der Waals surface area contributed by atoms with Gasteiger partial charge in [0.25, 0.3) is 5.91 Å². The highest BCUT2D eigenvalue weighted by molar-refractivity contribution is 14.1. The maximum Gasteiger partial charge on any atom is 0.254 e. The molecule has 0 saturated carbocycles. The second-order valence-electron chi connectivity index (χ2n) is 7.50. The number of carbonyl (C=O) groups is 1. The van der Waals surface area contributed by atoms with Gasteiger partial charge in [0.05, 0.1) is 0 Å². The summed E-state index contributed by atoms with van der Waals surface area (Å²) in [5, 5.41) is 0. The minimum atomic E-state index is 0.109. The Bertz CT molecular complexity index is 844. The Balaban J connectivity index is 1.43. The summed E-state index contributed by atoms with van der Waals surface area (Å²) in [4.78, 5) is 28.8. The van der Waals surface area contributed by atoms with Crippen molar-refractivity contribution in [1.29, 1.82) is 0 Å². The molecular formula is C21H26IN5O. The fourth-order valence-electron chi connectivity index (χ4n) is 3.88. The van der Waals surface area contributed by atoms with Gasteiger partial charge in [-0.1, -0.05) is 6.07 Å². The van der Waals surface area contributed by atoms with E-state index in [1.165, 1.54) is 19.3 Å². The molecule has 1 aromatic heterocycles. The van der Waals surface area contributed by atoms with E-state index in [4.69, 9.17) is 4.98 Å². The molecule has 0 spiro atoms. The number of benzene rings is 1. The Morgan fingerprint density at radius 1 is 0.929 bits per heavy atom. The van der Waals surface area contributed by atoms with E-state index >= 15 is 0 Å². The van der Waals surface area contributed by atoms with Gasteiger partial charge in [0.1, 0.15) is 5.82 Å². The number of aromatic nitrogens is 2. The summed E-state index contributed by atoms with van der Waals surface area (Å²) in [5.74, 6) is 1.94. The average Bonchev–Trinajstić information content (AvgIpc) is 2.73. The molecule has 2 aliphatic rings. The largest absolute Gasteiger partial charge is 0.356 e. The van der Waals surface area contributed by atoms with E-state index < -0.39 is 0 Å². The lowest BCUT2D eigenvalue weighted by molar-refractivity contribution is 0.0746. The molecule has 2 aromatic rings. The maximum absolute atomic E-state index is 12.8. The summed E-state index contributed by atoms with van der Waals surface area (Å²) in [6.07, 6.45) is 3.78. The highest BCUT2D eigenvalue weighted by Crippen LogP contribution is 2.22. The summed E-state index contributed by atoms with van der Waals surface area (Å²) < 4.78 is 1.08. The van der Waals surface area contributed by atoms with Crippen LogP contribution in [-0.4, -0.2) is 60.0 Å². The zero-order chi connectivity index (χ0) is 19.5. The van der Waals surface area contributed by atoms with Crippen molar-refractivity contribution in [1.82, 2.24) is 14.9 Å². The quantitative estimate of drug-likeness (QED) is 0.617. The van der Waals surface area contributed by atoms with Crippen LogP contribution in [0.4, 0.5) is 11.8 Å². The standard InChI is InChI=1S/C21H26IN5O/c1-16-14-19(25-8-3-2-4-9-25)24-21(23-16)27-12-10-26(11-13-27)20(28)17-6-5-7-18(22)15-17/h5-7,14-15H,2-4,8-13H2,1H3. The molecule has 0 atom stereocenters. The molecule has 1 amide bonds. The molecule has 28 heavy (non-hydrogen) atoms. The second-order valence-corrected chi connectivity index (χ2v) is 8.75. The molecular weight excluding hydrogens is 465 g/mol. The van der Waals surface area contributed by atoms with Crippen molar-refractivity contribution in [2.45, 2.75) is 26.2 Å². The molecule has 4 rings (SSSR count). The van der Waals surface area contributed by atoms with Crippen LogP contribution in [0.15, 0.2) is 30.3 Å². The van der Waals surface area contributed by atoms with Crippen molar-refractivity contribution >= 4 is 40.3 Å². The Morgan fingerprint density at radius 3 is 2.39 bits per heavy atom. The number of anilines is 2. The van der Waals surface area contributed by atoms with Gasteiger partial charge in [0.2, 0.25) is 5.95 Å². The number of piperidine rings is 1. The maximum atomic E-state index is 12.8. The van der Waals surface area contributed by atoms with Crippen LogP contribution in [0.2, 0.25) is 0 Å². The van der Waals surface area contributed by atoms with E-state index in [1.807, 2.05) is 36.1 Å². The van der Waals surface area contributed by atoms with Crippen LogP contribution in [0, 0.1) is 10.5 Å². The Morgan fingerprint density at radius 2 is 1.68 bits per heavy atom. The summed E-state index contributed by atoms with van der Waals surface area (Å²) in [5.41, 5.74) is 1.77. The first-order valence-corrected chi connectivity index (χ1v) is 11.1. The van der Waals surface area contributed by atoms with Crippen LogP contribution in [0.5, 0.6) is 0 Å². The number of hydrogen-bond donors (Lipinski definition) is 0. The zero-order valence-electron chi connectivity index (χ0n) is 16.3. The van der Waals surface area contributed by atoms with Gasteiger partial charge < -0.3 is 14.7 Å². The third-order valence-corrected chi connectivity index (χ3v) is 6.10. The molecule has 0 unspecified atom stereocenters. The van der Waals surface area contributed by atoms with E-state index in [-0.39, 0.29) is 5.91 Å². The van der Waals surface area contributed by atoms with E-state index in [0.717, 1.165) is 52.8 Å². The van der Waals surface area contributed by atoms with Crippen molar-refractivity contribution in [2.75, 3.05) is 49.1 Å². The average molecular weight is 491 g/mol. The molecule has 2 saturated heterocycles. The zero-order valence-corrected chi connectivity index (χ0v) is 18.4. The predicted octanol–water partition coefficient (Wildman–Crippen LogP) is 3.34. The molecule has 6 nitrogen and oxygen atoms in total. The fourth-order valence-corrected chi connectivity index (χ4v) is 4.42. The fraction of sp³-hybridized carbons (Fsp3) is 0.476. The summed E-state index contributed by atoms with van der Waals surface area (Å²) >= 11 is 2.25. The molecule has 0 aliphatic carbocycles. The Labute approximate surface area is 180 Å². The molecule has 0 bridgehead atoms. The highest BCUT2D eigenvalue weighted by Gasteiger charge is 2.24. The number of amides is 1. The van der Waals surface area contributed by atoms with Gasteiger partial charge in [-0.3, -0.25) is 4.79 Å². The molecule has 0 radical (unpaired) electrons. The molecule has 3 heterocycles. The number of rotatable bonds is 3. The number of hydrogen-bond acceptors (Lipinski definition) is 5. The van der Waals surface area contributed by atoms with Gasteiger partial charge in [-0.25, -0.2) is 4.98 Å². The van der Waals surface area contributed by atoms with Crippen molar-refractivity contribution in [2.24, 2.45) is 0 Å². The topological polar surface area (TPSA) is 52.6 Å². The third kappa shape index (κ3) is 4.39. The molecule has 7 heteroatoms. The molecule has 2 fully saturated rings. The minimum absolute atomic E-state index is 0.109. The molecule has 0 N–H and O–H groups in total. The molecule has 148 valence electrons. The van der Waals surface area contributed by atoms with Gasteiger partial charge in [-0.15, -0.1) is 0 Å². The van der Waals surface area contributed by atoms with Crippen LogP contribution >= 0.6 is 22.6 Å². The van der Waals surface area contributed by atoms with E-state index in [0.29, 0.717) is 13.1 Å². The summed E-state index contributed by atoms with van der Waals surface area (Å²) in [7, 11) is 0. The van der Waals surface area contributed by atoms with Gasteiger partial charge in [0.15, 0.2) is 0 Å². The third-order valence-electron chi connectivity index (χ3n) is 5.43. The molecule has 2 aliphatic heterocycles. The van der Waals surface area contributed by atoms with Crippen molar-refractivity contribution in [3.63, 3.8) is 0 Å². The Hall–Kier alpha value is -1.90. The second kappa shape index (κ2) is 8.63. The number of carbonyl (C=O) groups excluding carboxylic acids is 1. The van der Waals surface area contributed by atoms with Crippen LogP contribution in [0.3, 0.4) is 0 Å². The van der Waals surface area contributed by atoms with Crippen LogP contribution < -0.4 is 9.80 Å². The minimum Gasteiger partial charge on any atom is -0.356 e. The number of nitrogens with zero attached hydrogens (tertiary/aromatic N) is 5. The van der Waals surface area contributed by atoms with E-state index in [1.54, 1.807) is 0 Å². The lowest BCUT2D eigenvalue weighted by atomic mass is 10.1. The first kappa shape index (κ1) is 19.4. The van der Waals surface area contributed by atoms with Gasteiger partial charge >= 0.3 is 0 Å². The summed E-state index contributed by atoms with van der Waals surface area (Å²) in [6, 6.07) is 9.87. The van der Waals surface area contributed by atoms with E-state index in [9.17, 15) is 4.79 Å². The van der Waals surface area contributed by atoms with E-state index in [2.05, 4.69) is 43.4 Å². The van der Waals surface area contributed by atoms with Gasteiger partial charge in [0, 0.05) is 60.2 Å². The van der Waals surface area contributed by atoms with Crippen LogP contribution in [0.25, 0.3) is 0 Å². The number of aryl methyl sites for hydroxylation is 1. The van der Waals surface area contributed by atoms with Crippen LogP contribution in [0.1, 0.15) is 35.3 Å². The first-order chi connectivity index (χ1) is 13.6. The highest BCUT2D eigenvalue weighted by atomic mass is 127. The first-order valence-electron chi connectivity index (χ1n) is 10.0. The SMILES string of the molecule is Cc1cc(N2CCCCC2)nc(N2CCN(C(=O)c3cccc(I)c3)CC2)n1. The van der Waals surface area contributed by atoms with Crippen LogP contribution in [-0.2, 0) is 0 Å². The number of halogens is 1. The lowest BCUT2D eigenvalue weighted by Gasteiger charge is -2.35. The van der Waals surface area contributed by atoms with Crippen molar-refractivity contribution in [3.05, 3.63) is 45.2 Å². The smallest absolute Gasteiger partial charge is 0.254 e. The van der Waals surface area contributed by atoms with Gasteiger partial charge in [-0.05, 0) is 67.0 Å². The monoisotopic (exact) mass is 491 g/mol. The van der Waals surface area contributed by atoms with Crippen molar-refractivity contribution in [3.8, 4) is 0 Å². The number of piperazine rings is 1. The summed E-state index contributed by atoms with van der Waals surface area (Å²) in [6.45, 7) is 7.11. The normalized spacial score (nSPS) is 17.7.